The van der Waals surface area contributed by atoms with Gasteiger partial charge < -0.3 is 15.0 Å². The molecule has 4 heterocycles. The number of likely N-dealkylation sites (tertiary alicyclic amines) is 1. The molecule has 41 heavy (non-hydrogen) atoms. The van der Waals surface area contributed by atoms with E-state index in [9.17, 15) is 9.59 Å². The summed E-state index contributed by atoms with van der Waals surface area (Å²) in [5.41, 5.74) is 2.58. The maximum absolute atomic E-state index is 14.3. The van der Waals surface area contributed by atoms with E-state index in [-0.39, 0.29) is 29.0 Å². The summed E-state index contributed by atoms with van der Waals surface area (Å²) in [5.74, 6) is -0.0741. The summed E-state index contributed by atoms with van der Waals surface area (Å²) >= 11 is 0. The van der Waals surface area contributed by atoms with Crippen LogP contribution in [0.25, 0.3) is 0 Å². The summed E-state index contributed by atoms with van der Waals surface area (Å²) in [4.78, 5) is 43.7. The summed E-state index contributed by atoms with van der Waals surface area (Å²) in [6.07, 6.45) is 9.34. The maximum atomic E-state index is 14.3. The smallest absolute Gasteiger partial charge is 0.279 e. The minimum Gasteiger partial charge on any atom is -0.381 e. The number of amides is 2. The van der Waals surface area contributed by atoms with Gasteiger partial charge >= 0.3 is 0 Å². The van der Waals surface area contributed by atoms with Gasteiger partial charge in [0, 0.05) is 55.1 Å². The quantitative estimate of drug-likeness (QED) is 0.422. The van der Waals surface area contributed by atoms with E-state index < -0.39 is 6.04 Å². The first-order valence-corrected chi connectivity index (χ1v) is 14.7. The predicted octanol–water partition coefficient (Wildman–Crippen LogP) is 4.50. The molecule has 0 bridgehead atoms. The highest BCUT2D eigenvalue weighted by atomic mass is 16.5. The number of nitrogens with one attached hydrogen (secondary N) is 2. The molecular weight excluding hydrogens is 516 g/mol. The van der Waals surface area contributed by atoms with Gasteiger partial charge in [0.15, 0.2) is 0 Å². The number of hydrogen-bond acceptors (Lipinski definition) is 6. The predicted molar refractivity (Wildman–Crippen MR) is 159 cm³/mol. The number of anilines is 1. The number of aromatic amines is 1. The van der Waals surface area contributed by atoms with Crippen molar-refractivity contribution in [2.75, 3.05) is 31.2 Å². The SMILES string of the molecule is CC(C1CCOC1)N1CCCC(NC(=O)C(c2cccnc2)N(C(=O)c2c[nH]cn2)c2ccc(C(C)(C)C)cc2)C1. The van der Waals surface area contributed by atoms with Crippen LogP contribution in [0.5, 0.6) is 0 Å². The fourth-order valence-electron chi connectivity index (χ4n) is 5.97. The Balaban J connectivity index is 1.46. The number of carbonyl (C=O) groups excluding carboxylic acids is 2. The molecule has 2 aromatic heterocycles. The zero-order chi connectivity index (χ0) is 29.0. The van der Waals surface area contributed by atoms with Gasteiger partial charge in [-0.05, 0) is 67.8 Å². The van der Waals surface area contributed by atoms with Crippen molar-refractivity contribution in [1.82, 2.24) is 25.2 Å². The number of piperidine rings is 1. The van der Waals surface area contributed by atoms with Gasteiger partial charge in [0.1, 0.15) is 11.7 Å². The van der Waals surface area contributed by atoms with E-state index in [0.717, 1.165) is 51.1 Å². The third kappa shape index (κ3) is 6.68. The molecule has 1 aromatic carbocycles. The molecule has 2 fully saturated rings. The van der Waals surface area contributed by atoms with Crippen molar-refractivity contribution in [2.45, 2.75) is 70.5 Å². The Hall–Kier alpha value is -3.56. The average Bonchev–Trinajstić information content (AvgIpc) is 3.71. The van der Waals surface area contributed by atoms with Crippen LogP contribution in [-0.2, 0) is 14.9 Å². The Labute approximate surface area is 242 Å². The van der Waals surface area contributed by atoms with Crippen LogP contribution < -0.4 is 10.2 Å². The van der Waals surface area contributed by atoms with Gasteiger partial charge in [-0.2, -0.15) is 0 Å². The summed E-state index contributed by atoms with van der Waals surface area (Å²) in [7, 11) is 0. The molecule has 0 aliphatic carbocycles. The number of hydrogen-bond donors (Lipinski definition) is 2. The van der Waals surface area contributed by atoms with E-state index in [0.29, 0.717) is 23.2 Å². The highest BCUT2D eigenvalue weighted by Crippen LogP contribution is 2.32. The number of benzene rings is 1. The van der Waals surface area contributed by atoms with Crippen LogP contribution >= 0.6 is 0 Å². The van der Waals surface area contributed by atoms with Crippen LogP contribution in [0, 0.1) is 5.92 Å². The second kappa shape index (κ2) is 12.5. The number of pyridine rings is 1. The highest BCUT2D eigenvalue weighted by molar-refractivity contribution is 6.09. The first kappa shape index (κ1) is 29.0. The van der Waals surface area contributed by atoms with Gasteiger partial charge in [0.2, 0.25) is 5.91 Å². The minimum absolute atomic E-state index is 0.0224. The second-order valence-electron chi connectivity index (χ2n) is 12.3. The Morgan fingerprint density at radius 2 is 1.98 bits per heavy atom. The lowest BCUT2D eigenvalue weighted by Gasteiger charge is -2.40. The van der Waals surface area contributed by atoms with Crippen LogP contribution in [0.4, 0.5) is 5.69 Å². The molecule has 3 aromatic rings. The molecule has 2 aliphatic rings. The molecule has 218 valence electrons. The number of nitrogens with zero attached hydrogens (tertiary/aromatic N) is 4. The number of H-pyrrole nitrogens is 1. The molecule has 4 unspecified atom stereocenters. The van der Waals surface area contributed by atoms with E-state index >= 15 is 0 Å². The van der Waals surface area contributed by atoms with Gasteiger partial charge in [-0.15, -0.1) is 0 Å². The summed E-state index contributed by atoms with van der Waals surface area (Å²) < 4.78 is 5.64. The molecular formula is C32H42N6O3. The summed E-state index contributed by atoms with van der Waals surface area (Å²) in [5, 5.41) is 3.32. The van der Waals surface area contributed by atoms with Crippen molar-refractivity contribution >= 4 is 17.5 Å². The van der Waals surface area contributed by atoms with Gasteiger partial charge in [0.05, 0.1) is 12.9 Å². The van der Waals surface area contributed by atoms with Crippen LogP contribution in [0.15, 0.2) is 61.3 Å². The lowest BCUT2D eigenvalue weighted by Crippen LogP contribution is -2.54. The first-order valence-electron chi connectivity index (χ1n) is 14.7. The molecule has 4 atom stereocenters. The van der Waals surface area contributed by atoms with E-state index in [1.165, 1.54) is 6.33 Å². The van der Waals surface area contributed by atoms with E-state index in [2.05, 4.69) is 52.9 Å². The number of rotatable bonds is 8. The third-order valence-corrected chi connectivity index (χ3v) is 8.48. The molecule has 5 rings (SSSR count). The number of aromatic nitrogens is 3. The molecule has 2 amide bonds. The zero-order valence-corrected chi connectivity index (χ0v) is 24.5. The lowest BCUT2D eigenvalue weighted by atomic mass is 9.87. The van der Waals surface area contributed by atoms with Crippen molar-refractivity contribution in [1.29, 1.82) is 0 Å². The van der Waals surface area contributed by atoms with E-state index in [1.807, 2.05) is 30.3 Å². The molecule has 0 spiro atoms. The van der Waals surface area contributed by atoms with Crippen molar-refractivity contribution in [3.05, 3.63) is 78.1 Å². The second-order valence-corrected chi connectivity index (χ2v) is 12.3. The Morgan fingerprint density at radius 3 is 2.61 bits per heavy atom. The number of ether oxygens (including phenoxy) is 1. The molecule has 0 radical (unpaired) electrons. The fraction of sp³-hybridized carbons (Fsp3) is 0.500. The van der Waals surface area contributed by atoms with E-state index in [4.69, 9.17) is 4.74 Å². The first-order chi connectivity index (χ1) is 19.7. The van der Waals surface area contributed by atoms with Gasteiger partial charge in [0.25, 0.3) is 5.91 Å². The van der Waals surface area contributed by atoms with Crippen molar-refractivity contribution < 1.29 is 14.3 Å². The van der Waals surface area contributed by atoms with Gasteiger partial charge in [-0.25, -0.2) is 4.98 Å². The standard InChI is InChI=1S/C32H42N6O3/c1-22(24-13-16-41-20-24)37-15-6-8-26(19-37)36-30(39)29(23-7-5-14-33-17-23)38(31(40)28-18-34-21-35-28)27-11-9-25(10-12-27)32(2,3)4/h5,7,9-12,14,17-18,21-22,24,26,29H,6,8,13,15-16,19-20H2,1-4H3,(H,34,35)(H,36,39). The molecule has 2 aliphatic heterocycles. The number of carbonyl (C=O) groups is 2. The number of imidazole rings is 1. The third-order valence-electron chi connectivity index (χ3n) is 8.48. The molecule has 9 nitrogen and oxygen atoms in total. The summed E-state index contributed by atoms with van der Waals surface area (Å²) in [6.45, 7) is 12.1. The molecule has 2 saturated heterocycles. The minimum atomic E-state index is -0.926. The van der Waals surface area contributed by atoms with Gasteiger partial charge in [-0.1, -0.05) is 39.0 Å². The Kier molecular flexibility index (Phi) is 8.85. The Bertz CT molecular complexity index is 1280. The van der Waals surface area contributed by atoms with Crippen LogP contribution in [0.1, 0.15) is 74.6 Å². The van der Waals surface area contributed by atoms with Crippen LogP contribution in [0.3, 0.4) is 0 Å². The fourth-order valence-corrected chi connectivity index (χ4v) is 5.97. The average molecular weight is 559 g/mol. The van der Waals surface area contributed by atoms with Crippen LogP contribution in [0.2, 0.25) is 0 Å². The van der Waals surface area contributed by atoms with Gasteiger partial charge in [-0.3, -0.25) is 24.4 Å². The van der Waals surface area contributed by atoms with Crippen molar-refractivity contribution in [3.63, 3.8) is 0 Å². The Morgan fingerprint density at radius 1 is 1.17 bits per heavy atom. The van der Waals surface area contributed by atoms with Crippen molar-refractivity contribution in [3.8, 4) is 0 Å². The topological polar surface area (TPSA) is 103 Å². The molecule has 0 saturated carbocycles. The summed E-state index contributed by atoms with van der Waals surface area (Å²) in [6, 6.07) is 11.0. The monoisotopic (exact) mass is 558 g/mol. The lowest BCUT2D eigenvalue weighted by molar-refractivity contribution is -0.123. The molecule has 9 heteroatoms. The normalized spacial score (nSPS) is 21.3. The van der Waals surface area contributed by atoms with Crippen LogP contribution in [-0.4, -0.2) is 70.1 Å². The maximum Gasteiger partial charge on any atom is 0.279 e. The van der Waals surface area contributed by atoms with Crippen molar-refractivity contribution in [2.24, 2.45) is 5.92 Å². The zero-order valence-electron chi connectivity index (χ0n) is 24.5. The van der Waals surface area contributed by atoms with E-state index in [1.54, 1.807) is 29.6 Å². The highest BCUT2D eigenvalue weighted by Gasteiger charge is 2.37. The largest absolute Gasteiger partial charge is 0.381 e. The molecule has 2 N–H and O–H groups in total.